The molecule has 1 atom stereocenters. The topological polar surface area (TPSA) is 137 Å². The first-order valence-corrected chi connectivity index (χ1v) is 16.3. The standard InChI is InChI=1S/C33H34N6O5S/c1-19-15-24(44-23-9-13-43-14-10-23)6-7-25(19)39-26-8-11-35-31-27(26)28(37-33(39)42)29(45-31)30(40)36-22-3-2-12-38(18-22)32(41)21(17-34)16-20-4-5-20/h6-8,11,15-16,20,22-23H,2-5,9-10,12-14,18H2,1H3,(H,36,40)(H,37,42)/b21-16+/t22-/m1/s1. The zero-order chi connectivity index (χ0) is 31.1. The molecule has 1 saturated carbocycles. The van der Waals surface area contributed by atoms with Crippen molar-refractivity contribution in [2.24, 2.45) is 5.92 Å². The number of rotatable bonds is 7. The van der Waals surface area contributed by atoms with Gasteiger partial charge in [0.25, 0.3) is 11.8 Å². The summed E-state index contributed by atoms with van der Waals surface area (Å²) in [6.45, 7) is 4.20. The average molecular weight is 627 g/mol. The summed E-state index contributed by atoms with van der Waals surface area (Å²) in [6, 6.07) is 8.91. The number of thiophene rings is 1. The predicted octanol–water partition coefficient (Wildman–Crippen LogP) is 5.43. The van der Waals surface area contributed by atoms with Crippen LogP contribution in [0.15, 0.2) is 42.1 Å². The number of benzene rings is 1. The molecule has 4 amide bonds. The number of likely N-dealkylation sites (tertiary alicyclic amines) is 1. The lowest BCUT2D eigenvalue weighted by Gasteiger charge is -2.33. The molecule has 45 heavy (non-hydrogen) atoms. The van der Waals surface area contributed by atoms with E-state index in [1.54, 1.807) is 28.1 Å². The molecule has 232 valence electrons. The molecule has 4 aliphatic rings. The molecule has 3 aliphatic heterocycles. The van der Waals surface area contributed by atoms with Crippen LogP contribution in [-0.2, 0) is 9.53 Å². The van der Waals surface area contributed by atoms with Crippen LogP contribution < -0.4 is 20.3 Å². The van der Waals surface area contributed by atoms with Gasteiger partial charge in [-0.3, -0.25) is 14.5 Å². The van der Waals surface area contributed by atoms with Crippen LogP contribution in [0.25, 0.3) is 10.2 Å². The highest BCUT2D eigenvalue weighted by atomic mass is 32.1. The smallest absolute Gasteiger partial charge is 0.331 e. The van der Waals surface area contributed by atoms with Crippen LogP contribution in [0, 0.1) is 24.2 Å². The summed E-state index contributed by atoms with van der Waals surface area (Å²) < 4.78 is 11.6. The van der Waals surface area contributed by atoms with Gasteiger partial charge in [-0.15, -0.1) is 11.3 Å². The summed E-state index contributed by atoms with van der Waals surface area (Å²) in [5.74, 6) is 0.464. The summed E-state index contributed by atoms with van der Waals surface area (Å²) in [6.07, 6.45) is 8.67. The molecule has 0 bridgehead atoms. The van der Waals surface area contributed by atoms with Crippen LogP contribution >= 0.6 is 11.3 Å². The summed E-state index contributed by atoms with van der Waals surface area (Å²) in [5.41, 5.74) is 2.86. The highest BCUT2D eigenvalue weighted by Crippen LogP contribution is 2.46. The minimum absolute atomic E-state index is 0.108. The third kappa shape index (κ3) is 5.85. The van der Waals surface area contributed by atoms with Gasteiger partial charge in [-0.2, -0.15) is 5.26 Å². The normalized spacial score (nSPS) is 20.5. The van der Waals surface area contributed by atoms with Gasteiger partial charge >= 0.3 is 6.03 Å². The second-order valence-electron chi connectivity index (χ2n) is 12.1. The Morgan fingerprint density at radius 2 is 2.00 bits per heavy atom. The lowest BCUT2D eigenvalue weighted by molar-refractivity contribution is -0.128. The van der Waals surface area contributed by atoms with E-state index in [1.165, 1.54) is 11.3 Å². The lowest BCUT2D eigenvalue weighted by Crippen LogP contribution is -2.50. The van der Waals surface area contributed by atoms with Crippen molar-refractivity contribution in [1.29, 1.82) is 5.26 Å². The monoisotopic (exact) mass is 626 g/mol. The van der Waals surface area contributed by atoms with Crippen molar-refractivity contribution in [2.75, 3.05) is 36.5 Å². The molecule has 1 aromatic carbocycles. The number of aryl methyl sites for hydroxylation is 1. The third-order valence-electron chi connectivity index (χ3n) is 8.75. The molecule has 11 nitrogen and oxygen atoms in total. The molecular weight excluding hydrogens is 592 g/mol. The summed E-state index contributed by atoms with van der Waals surface area (Å²) in [5, 5.41) is 16.3. The molecule has 12 heteroatoms. The van der Waals surface area contributed by atoms with Crippen LogP contribution in [-0.4, -0.2) is 66.2 Å². The number of piperidine rings is 1. The number of anilines is 3. The molecule has 3 fully saturated rings. The van der Waals surface area contributed by atoms with Crippen LogP contribution in [0.2, 0.25) is 0 Å². The number of carbonyl (C=O) groups is 3. The molecular formula is C33H34N6O5S. The van der Waals surface area contributed by atoms with Crippen molar-refractivity contribution in [3.05, 3.63) is 52.6 Å². The Labute approximate surface area is 264 Å². The largest absolute Gasteiger partial charge is 0.490 e. The van der Waals surface area contributed by atoms with Gasteiger partial charge < -0.3 is 25.0 Å². The summed E-state index contributed by atoms with van der Waals surface area (Å²) in [7, 11) is 0. The number of urea groups is 1. The Morgan fingerprint density at radius 1 is 1.18 bits per heavy atom. The van der Waals surface area contributed by atoms with Gasteiger partial charge in [0.15, 0.2) is 0 Å². The van der Waals surface area contributed by atoms with Gasteiger partial charge in [0.1, 0.15) is 33.2 Å². The molecule has 2 saturated heterocycles. The van der Waals surface area contributed by atoms with E-state index in [2.05, 4.69) is 21.7 Å². The first kappa shape index (κ1) is 29.3. The van der Waals surface area contributed by atoms with Crippen molar-refractivity contribution < 1.29 is 23.9 Å². The fraction of sp³-hybridized carbons (Fsp3) is 0.424. The van der Waals surface area contributed by atoms with Crippen molar-refractivity contribution >= 4 is 56.5 Å². The van der Waals surface area contributed by atoms with E-state index >= 15 is 0 Å². The van der Waals surface area contributed by atoms with Crippen LogP contribution in [0.1, 0.15) is 53.8 Å². The zero-order valence-corrected chi connectivity index (χ0v) is 25.8. The first-order valence-electron chi connectivity index (χ1n) is 15.5. The molecule has 0 radical (unpaired) electrons. The number of hydrogen-bond donors (Lipinski definition) is 2. The van der Waals surface area contributed by atoms with Crippen LogP contribution in [0.5, 0.6) is 5.75 Å². The predicted molar refractivity (Wildman–Crippen MR) is 170 cm³/mol. The Hall–Kier alpha value is -4.47. The number of nitriles is 1. The van der Waals surface area contributed by atoms with Gasteiger partial charge in [0.05, 0.1) is 35.7 Å². The Bertz CT molecular complexity index is 1750. The number of nitrogens with zero attached hydrogens (tertiary/aromatic N) is 4. The van der Waals surface area contributed by atoms with Crippen molar-refractivity contribution in [3.63, 3.8) is 0 Å². The van der Waals surface area contributed by atoms with E-state index in [4.69, 9.17) is 9.47 Å². The number of allylic oxidation sites excluding steroid dienone is 1. The van der Waals surface area contributed by atoms with E-state index in [0.29, 0.717) is 77.2 Å². The maximum absolute atomic E-state index is 13.7. The van der Waals surface area contributed by atoms with Gasteiger partial charge in [0.2, 0.25) is 0 Å². The van der Waals surface area contributed by atoms with Gasteiger partial charge in [-0.1, -0.05) is 6.08 Å². The van der Waals surface area contributed by atoms with Gasteiger partial charge in [0, 0.05) is 38.2 Å². The molecule has 2 aromatic heterocycles. The lowest BCUT2D eigenvalue weighted by atomic mass is 10.0. The average Bonchev–Trinajstić information content (AvgIpc) is 3.80. The molecule has 0 spiro atoms. The second-order valence-corrected chi connectivity index (χ2v) is 13.1. The molecule has 3 aromatic rings. The second kappa shape index (κ2) is 12.1. The van der Waals surface area contributed by atoms with Gasteiger partial charge in [-0.05, 0) is 68.4 Å². The molecule has 0 unspecified atom stereocenters. The van der Waals surface area contributed by atoms with Crippen molar-refractivity contribution in [2.45, 2.75) is 57.6 Å². The van der Waals surface area contributed by atoms with E-state index in [0.717, 1.165) is 37.0 Å². The number of nitrogens with one attached hydrogen (secondary N) is 2. The highest BCUT2D eigenvalue weighted by Gasteiger charge is 2.35. The number of carbonyl (C=O) groups excluding carboxylic acids is 3. The first-order chi connectivity index (χ1) is 21.9. The minimum Gasteiger partial charge on any atom is -0.490 e. The number of hydrogen-bond acceptors (Lipinski definition) is 8. The highest BCUT2D eigenvalue weighted by molar-refractivity contribution is 7.21. The maximum Gasteiger partial charge on any atom is 0.331 e. The van der Waals surface area contributed by atoms with Gasteiger partial charge in [-0.25, -0.2) is 9.78 Å². The van der Waals surface area contributed by atoms with E-state index in [9.17, 15) is 19.6 Å². The van der Waals surface area contributed by atoms with E-state index < -0.39 is 0 Å². The Kier molecular flexibility index (Phi) is 7.89. The third-order valence-corrected chi connectivity index (χ3v) is 9.85. The van der Waals surface area contributed by atoms with E-state index in [-0.39, 0.29) is 35.6 Å². The number of ether oxygens (including phenoxy) is 2. The fourth-order valence-corrected chi connectivity index (χ4v) is 7.30. The van der Waals surface area contributed by atoms with Crippen LogP contribution in [0.4, 0.5) is 21.9 Å². The number of pyridine rings is 1. The summed E-state index contributed by atoms with van der Waals surface area (Å²) >= 11 is 1.23. The molecule has 2 N–H and O–H groups in total. The number of aromatic nitrogens is 1. The Morgan fingerprint density at radius 3 is 2.76 bits per heavy atom. The molecule has 7 rings (SSSR count). The molecule has 5 heterocycles. The SMILES string of the molecule is Cc1cc(OC2CCOCC2)ccc1N1C(=O)Nc2c(C(=O)N[C@@H]3CCCN(C(=O)/C(C#N)=C/C4CC4)C3)sc3nccc1c23. The van der Waals surface area contributed by atoms with Crippen molar-refractivity contribution in [1.82, 2.24) is 15.2 Å². The van der Waals surface area contributed by atoms with Crippen LogP contribution in [0.3, 0.4) is 0 Å². The summed E-state index contributed by atoms with van der Waals surface area (Å²) in [4.78, 5) is 49.1. The quantitative estimate of drug-likeness (QED) is 0.264. The Balaban J connectivity index is 1.11. The zero-order valence-electron chi connectivity index (χ0n) is 25.0. The fourth-order valence-electron chi connectivity index (χ4n) is 6.28. The van der Waals surface area contributed by atoms with E-state index in [1.807, 2.05) is 25.1 Å². The molecule has 1 aliphatic carbocycles. The van der Waals surface area contributed by atoms with Crippen molar-refractivity contribution in [3.8, 4) is 11.8 Å². The maximum atomic E-state index is 13.7. The number of amides is 4. The minimum atomic E-state index is -0.371.